The van der Waals surface area contributed by atoms with Crippen molar-refractivity contribution >= 4 is 11.9 Å². The summed E-state index contributed by atoms with van der Waals surface area (Å²) in [7, 11) is 0. The summed E-state index contributed by atoms with van der Waals surface area (Å²) in [6.45, 7) is 7.69. The molecule has 1 heterocycles. The molecular formula is C17H24N2O3. The van der Waals surface area contributed by atoms with E-state index in [0.717, 1.165) is 31.6 Å². The normalized spacial score (nSPS) is 18.6. The van der Waals surface area contributed by atoms with E-state index in [9.17, 15) is 9.59 Å². The summed E-state index contributed by atoms with van der Waals surface area (Å²) in [4.78, 5) is 25.3. The van der Waals surface area contributed by atoms with Crippen LogP contribution in [0.5, 0.6) is 0 Å². The Morgan fingerprint density at radius 2 is 2.00 bits per heavy atom. The average molecular weight is 304 g/mol. The fourth-order valence-electron chi connectivity index (χ4n) is 2.83. The Balaban J connectivity index is 1.79. The van der Waals surface area contributed by atoms with E-state index in [1.165, 1.54) is 0 Å². The Kier molecular flexibility index (Phi) is 5.55. The smallest absolute Gasteiger partial charge is 0.335 e. The molecule has 1 amide bonds. The summed E-state index contributed by atoms with van der Waals surface area (Å²) in [5, 5.41) is 11.8. The summed E-state index contributed by atoms with van der Waals surface area (Å²) < 4.78 is 0. The number of rotatable bonds is 6. The number of hydrogen-bond acceptors (Lipinski definition) is 3. The van der Waals surface area contributed by atoms with Gasteiger partial charge >= 0.3 is 5.97 Å². The number of carboxylic acids is 1. The Morgan fingerprint density at radius 1 is 1.32 bits per heavy atom. The van der Waals surface area contributed by atoms with E-state index in [-0.39, 0.29) is 17.4 Å². The zero-order valence-electron chi connectivity index (χ0n) is 13.2. The van der Waals surface area contributed by atoms with Crippen LogP contribution in [0.15, 0.2) is 24.3 Å². The summed E-state index contributed by atoms with van der Waals surface area (Å²) in [6, 6.07) is 6.60. The molecule has 1 fully saturated rings. The average Bonchev–Trinajstić information content (AvgIpc) is 2.93. The second-order valence-corrected chi connectivity index (χ2v) is 6.36. The third-order valence-electron chi connectivity index (χ3n) is 3.93. The van der Waals surface area contributed by atoms with Gasteiger partial charge in [-0.15, -0.1) is 0 Å². The standard InChI is InChI=1S/C17H24N2O3/c1-12(2)10-19-8-7-15(11-19)16(20)18-9-13-3-5-14(6-4-13)17(21)22/h3-6,12,15H,7-11H2,1-2H3,(H,18,20)(H,21,22)/t15-/m0/s1. The van der Waals surface area contributed by atoms with Crippen molar-refractivity contribution in [3.63, 3.8) is 0 Å². The van der Waals surface area contributed by atoms with Gasteiger partial charge in [0.05, 0.1) is 11.5 Å². The van der Waals surface area contributed by atoms with E-state index in [0.29, 0.717) is 12.5 Å². The Morgan fingerprint density at radius 3 is 2.59 bits per heavy atom. The first-order valence-electron chi connectivity index (χ1n) is 7.78. The first-order chi connectivity index (χ1) is 10.5. The van der Waals surface area contributed by atoms with E-state index < -0.39 is 5.97 Å². The summed E-state index contributed by atoms with van der Waals surface area (Å²) in [6.07, 6.45) is 0.913. The molecule has 1 atom stereocenters. The molecule has 1 aromatic carbocycles. The van der Waals surface area contributed by atoms with Gasteiger partial charge in [0.2, 0.25) is 5.91 Å². The summed E-state index contributed by atoms with van der Waals surface area (Å²) in [5.41, 5.74) is 1.17. The van der Waals surface area contributed by atoms with Gasteiger partial charge in [0.25, 0.3) is 0 Å². The summed E-state index contributed by atoms with van der Waals surface area (Å²) in [5.74, 6) is -0.160. The zero-order valence-corrected chi connectivity index (χ0v) is 13.2. The molecule has 120 valence electrons. The molecule has 1 aliphatic rings. The number of nitrogens with zero attached hydrogens (tertiary/aromatic N) is 1. The minimum atomic E-state index is -0.938. The molecule has 0 aliphatic carbocycles. The van der Waals surface area contributed by atoms with Crippen molar-refractivity contribution in [2.75, 3.05) is 19.6 Å². The van der Waals surface area contributed by atoms with E-state index in [4.69, 9.17) is 5.11 Å². The number of hydrogen-bond donors (Lipinski definition) is 2. The van der Waals surface area contributed by atoms with Crippen LogP contribution in [0.4, 0.5) is 0 Å². The van der Waals surface area contributed by atoms with E-state index in [1.54, 1.807) is 24.3 Å². The maximum atomic E-state index is 12.2. The third-order valence-corrected chi connectivity index (χ3v) is 3.93. The van der Waals surface area contributed by atoms with Crippen molar-refractivity contribution in [1.29, 1.82) is 0 Å². The Labute approximate surface area is 131 Å². The SMILES string of the molecule is CC(C)CN1CC[C@H](C(=O)NCc2ccc(C(=O)O)cc2)C1. The molecule has 0 aromatic heterocycles. The molecule has 22 heavy (non-hydrogen) atoms. The molecule has 0 spiro atoms. The molecule has 0 radical (unpaired) electrons. The third kappa shape index (κ3) is 4.56. The molecule has 0 saturated carbocycles. The van der Waals surface area contributed by atoms with Gasteiger partial charge in [-0.3, -0.25) is 4.79 Å². The predicted molar refractivity (Wildman–Crippen MR) is 84.6 cm³/mol. The first kappa shape index (κ1) is 16.5. The van der Waals surface area contributed by atoms with Crippen LogP contribution in [0, 0.1) is 11.8 Å². The van der Waals surface area contributed by atoms with Crippen LogP contribution in [-0.4, -0.2) is 41.5 Å². The lowest BCUT2D eigenvalue weighted by atomic mass is 10.1. The number of aromatic carboxylic acids is 1. The molecule has 5 heteroatoms. The van der Waals surface area contributed by atoms with Crippen molar-refractivity contribution in [1.82, 2.24) is 10.2 Å². The van der Waals surface area contributed by atoms with Crippen LogP contribution in [0.3, 0.4) is 0 Å². The lowest BCUT2D eigenvalue weighted by Gasteiger charge is -2.18. The molecule has 5 nitrogen and oxygen atoms in total. The van der Waals surface area contributed by atoms with Crippen molar-refractivity contribution in [3.8, 4) is 0 Å². The molecule has 1 aromatic rings. The van der Waals surface area contributed by atoms with Gasteiger partial charge in [-0.1, -0.05) is 26.0 Å². The van der Waals surface area contributed by atoms with Crippen molar-refractivity contribution < 1.29 is 14.7 Å². The molecule has 1 saturated heterocycles. The first-order valence-corrected chi connectivity index (χ1v) is 7.78. The minimum Gasteiger partial charge on any atom is -0.478 e. The number of carbonyl (C=O) groups is 2. The van der Waals surface area contributed by atoms with Gasteiger partial charge in [-0.2, -0.15) is 0 Å². The van der Waals surface area contributed by atoms with Crippen molar-refractivity contribution in [2.45, 2.75) is 26.8 Å². The number of benzene rings is 1. The monoisotopic (exact) mass is 304 g/mol. The number of nitrogens with one attached hydrogen (secondary N) is 1. The van der Waals surface area contributed by atoms with Gasteiger partial charge in [0, 0.05) is 19.6 Å². The van der Waals surface area contributed by atoms with E-state index in [2.05, 4.69) is 24.1 Å². The fraction of sp³-hybridized carbons (Fsp3) is 0.529. The molecule has 0 unspecified atom stereocenters. The van der Waals surface area contributed by atoms with Gasteiger partial charge in [-0.25, -0.2) is 4.79 Å². The van der Waals surface area contributed by atoms with Crippen molar-refractivity contribution in [2.24, 2.45) is 11.8 Å². The fourth-order valence-corrected chi connectivity index (χ4v) is 2.83. The van der Waals surface area contributed by atoms with Crippen LogP contribution in [0.1, 0.15) is 36.2 Å². The molecular weight excluding hydrogens is 280 g/mol. The van der Waals surface area contributed by atoms with Crippen molar-refractivity contribution in [3.05, 3.63) is 35.4 Å². The van der Waals surface area contributed by atoms with Crippen LogP contribution < -0.4 is 5.32 Å². The topological polar surface area (TPSA) is 69.6 Å². The highest BCUT2D eigenvalue weighted by atomic mass is 16.4. The molecule has 2 rings (SSSR count). The highest BCUT2D eigenvalue weighted by Crippen LogP contribution is 2.17. The lowest BCUT2D eigenvalue weighted by Crippen LogP contribution is -2.33. The molecule has 0 bridgehead atoms. The lowest BCUT2D eigenvalue weighted by molar-refractivity contribution is -0.124. The predicted octanol–water partition coefficient (Wildman–Crippen LogP) is 1.98. The quantitative estimate of drug-likeness (QED) is 0.843. The van der Waals surface area contributed by atoms with E-state index >= 15 is 0 Å². The minimum absolute atomic E-state index is 0.0667. The van der Waals surface area contributed by atoms with Gasteiger partial charge in [-0.05, 0) is 36.6 Å². The number of amides is 1. The van der Waals surface area contributed by atoms with Gasteiger partial charge in [0.15, 0.2) is 0 Å². The van der Waals surface area contributed by atoms with Gasteiger partial charge in [0.1, 0.15) is 0 Å². The van der Waals surface area contributed by atoms with Crippen LogP contribution in [0.25, 0.3) is 0 Å². The Hall–Kier alpha value is -1.88. The summed E-state index contributed by atoms with van der Waals surface area (Å²) >= 11 is 0. The second-order valence-electron chi connectivity index (χ2n) is 6.36. The van der Waals surface area contributed by atoms with Gasteiger partial charge < -0.3 is 15.3 Å². The zero-order chi connectivity index (χ0) is 16.1. The number of carbonyl (C=O) groups excluding carboxylic acids is 1. The number of carboxylic acid groups (broad SMARTS) is 1. The Bertz CT molecular complexity index is 525. The maximum Gasteiger partial charge on any atom is 0.335 e. The largest absolute Gasteiger partial charge is 0.478 e. The van der Waals surface area contributed by atoms with Crippen LogP contribution >= 0.6 is 0 Å². The van der Waals surface area contributed by atoms with Crippen LogP contribution in [-0.2, 0) is 11.3 Å². The number of likely N-dealkylation sites (tertiary alicyclic amines) is 1. The second kappa shape index (κ2) is 7.40. The molecule has 2 N–H and O–H groups in total. The highest BCUT2D eigenvalue weighted by Gasteiger charge is 2.28. The highest BCUT2D eigenvalue weighted by molar-refractivity contribution is 5.87. The van der Waals surface area contributed by atoms with Crippen LogP contribution in [0.2, 0.25) is 0 Å². The maximum absolute atomic E-state index is 12.2. The van der Waals surface area contributed by atoms with E-state index in [1.807, 2.05) is 0 Å². The molecule has 1 aliphatic heterocycles.